The molecule has 0 atom stereocenters. The van der Waals surface area contributed by atoms with Gasteiger partial charge in [-0.25, -0.2) is 4.68 Å². The van der Waals surface area contributed by atoms with Crippen LogP contribution in [0.5, 0.6) is 5.75 Å². The number of hydrogen-bond acceptors (Lipinski definition) is 4. The van der Waals surface area contributed by atoms with Crippen LogP contribution in [-0.4, -0.2) is 20.1 Å². The van der Waals surface area contributed by atoms with Crippen LogP contribution in [0.1, 0.15) is 32.2 Å². The van der Waals surface area contributed by atoms with E-state index in [1.54, 1.807) is 28.9 Å². The summed E-state index contributed by atoms with van der Waals surface area (Å²) >= 11 is 0. The molecular formula is C13H14N4O. The van der Waals surface area contributed by atoms with Gasteiger partial charge in [0.05, 0.1) is 11.4 Å². The van der Waals surface area contributed by atoms with Crippen molar-refractivity contribution in [1.29, 1.82) is 5.26 Å². The molecule has 0 unspecified atom stereocenters. The fourth-order valence-electron chi connectivity index (χ4n) is 1.80. The van der Waals surface area contributed by atoms with Crippen LogP contribution in [-0.2, 0) is 5.41 Å². The van der Waals surface area contributed by atoms with Crippen molar-refractivity contribution in [3.05, 3.63) is 35.7 Å². The van der Waals surface area contributed by atoms with E-state index >= 15 is 0 Å². The Morgan fingerprint density at radius 3 is 2.33 bits per heavy atom. The molecule has 18 heavy (non-hydrogen) atoms. The van der Waals surface area contributed by atoms with E-state index in [4.69, 9.17) is 5.26 Å². The lowest BCUT2D eigenvalue weighted by molar-refractivity contribution is 0.475. The number of aromatic nitrogens is 3. The van der Waals surface area contributed by atoms with Crippen LogP contribution in [0.2, 0.25) is 0 Å². The van der Waals surface area contributed by atoms with Crippen molar-refractivity contribution in [2.24, 2.45) is 0 Å². The highest BCUT2D eigenvalue weighted by Gasteiger charge is 2.26. The van der Waals surface area contributed by atoms with Crippen molar-refractivity contribution in [2.45, 2.75) is 26.2 Å². The van der Waals surface area contributed by atoms with Crippen LogP contribution in [0.25, 0.3) is 5.69 Å². The van der Waals surface area contributed by atoms with Gasteiger partial charge in [-0.3, -0.25) is 0 Å². The highest BCUT2D eigenvalue weighted by atomic mass is 16.3. The summed E-state index contributed by atoms with van der Waals surface area (Å²) in [4.78, 5) is 0. The first kappa shape index (κ1) is 12.1. The number of benzene rings is 1. The largest absolute Gasteiger partial charge is 0.508 e. The van der Waals surface area contributed by atoms with E-state index in [1.165, 1.54) is 0 Å². The van der Waals surface area contributed by atoms with E-state index in [0.29, 0.717) is 5.69 Å². The minimum atomic E-state index is -0.244. The maximum Gasteiger partial charge on any atom is 0.186 e. The molecule has 1 aromatic heterocycles. The maximum atomic E-state index is 9.29. The molecule has 0 saturated heterocycles. The number of hydrogen-bond donors (Lipinski definition) is 1. The van der Waals surface area contributed by atoms with Crippen molar-refractivity contribution < 1.29 is 5.11 Å². The number of phenolic OH excluding ortho intramolecular Hbond substituents is 1. The number of nitrogens with zero attached hydrogens (tertiary/aromatic N) is 4. The maximum absolute atomic E-state index is 9.29. The number of phenols is 1. The standard InChI is InChI=1S/C13H14N4O/c1-13(2,3)12-11(8-14)15-16-17(12)9-4-6-10(18)7-5-9/h4-7,18H,1-3H3. The third kappa shape index (κ3) is 2.05. The number of nitriles is 1. The molecule has 2 rings (SSSR count). The molecule has 1 heterocycles. The highest BCUT2D eigenvalue weighted by molar-refractivity contribution is 5.41. The predicted octanol–water partition coefficient (Wildman–Crippen LogP) is 2.14. The third-order valence-electron chi connectivity index (χ3n) is 2.58. The van der Waals surface area contributed by atoms with Crippen LogP contribution in [0.4, 0.5) is 0 Å². The average molecular weight is 242 g/mol. The zero-order chi connectivity index (χ0) is 13.3. The van der Waals surface area contributed by atoms with Crippen LogP contribution in [0.3, 0.4) is 0 Å². The van der Waals surface area contributed by atoms with Gasteiger partial charge >= 0.3 is 0 Å². The van der Waals surface area contributed by atoms with Gasteiger partial charge in [0.25, 0.3) is 0 Å². The Kier molecular flexibility index (Phi) is 2.79. The lowest BCUT2D eigenvalue weighted by atomic mass is 9.90. The second kappa shape index (κ2) is 4.15. The minimum Gasteiger partial charge on any atom is -0.508 e. The number of aromatic hydroxyl groups is 1. The summed E-state index contributed by atoms with van der Waals surface area (Å²) in [6.07, 6.45) is 0. The molecule has 0 bridgehead atoms. The molecule has 5 nitrogen and oxygen atoms in total. The van der Waals surface area contributed by atoms with Crippen LogP contribution in [0.15, 0.2) is 24.3 Å². The molecule has 0 saturated carbocycles. The monoisotopic (exact) mass is 242 g/mol. The zero-order valence-electron chi connectivity index (χ0n) is 10.5. The Balaban J connectivity index is 2.63. The van der Waals surface area contributed by atoms with Gasteiger partial charge in [-0.05, 0) is 24.3 Å². The molecule has 0 fully saturated rings. The summed E-state index contributed by atoms with van der Waals surface area (Å²) in [5.41, 5.74) is 1.62. The van der Waals surface area contributed by atoms with Gasteiger partial charge in [0.15, 0.2) is 5.69 Å². The first-order chi connectivity index (χ1) is 8.43. The van der Waals surface area contributed by atoms with Crippen molar-refractivity contribution in [3.63, 3.8) is 0 Å². The predicted molar refractivity (Wildman–Crippen MR) is 66.4 cm³/mol. The molecule has 1 aromatic carbocycles. The van der Waals surface area contributed by atoms with Gasteiger partial charge in [0.2, 0.25) is 0 Å². The Bertz CT molecular complexity index is 599. The van der Waals surface area contributed by atoms with Crippen LogP contribution >= 0.6 is 0 Å². The fourth-order valence-corrected chi connectivity index (χ4v) is 1.80. The molecule has 0 spiro atoms. The van der Waals surface area contributed by atoms with E-state index in [0.717, 1.165) is 11.4 Å². The SMILES string of the molecule is CC(C)(C)c1c(C#N)nnn1-c1ccc(O)cc1. The van der Waals surface area contributed by atoms with Gasteiger partial charge in [0, 0.05) is 5.41 Å². The lowest BCUT2D eigenvalue weighted by Crippen LogP contribution is -2.18. The first-order valence-corrected chi connectivity index (χ1v) is 5.59. The van der Waals surface area contributed by atoms with Crippen molar-refractivity contribution in [1.82, 2.24) is 15.0 Å². The first-order valence-electron chi connectivity index (χ1n) is 5.59. The van der Waals surface area contributed by atoms with E-state index in [1.807, 2.05) is 20.8 Å². The lowest BCUT2D eigenvalue weighted by Gasteiger charge is -2.19. The summed E-state index contributed by atoms with van der Waals surface area (Å²) < 4.78 is 1.64. The molecular weight excluding hydrogens is 228 g/mol. The molecule has 0 radical (unpaired) electrons. The van der Waals surface area contributed by atoms with Crippen molar-refractivity contribution in [3.8, 4) is 17.5 Å². The Morgan fingerprint density at radius 1 is 1.22 bits per heavy atom. The smallest absolute Gasteiger partial charge is 0.186 e. The molecule has 0 aliphatic carbocycles. The Morgan fingerprint density at radius 2 is 1.83 bits per heavy atom. The van der Waals surface area contributed by atoms with E-state index in [2.05, 4.69) is 16.4 Å². The summed E-state index contributed by atoms with van der Waals surface area (Å²) in [6, 6.07) is 8.69. The molecule has 92 valence electrons. The fraction of sp³-hybridized carbons (Fsp3) is 0.308. The van der Waals surface area contributed by atoms with Gasteiger partial charge < -0.3 is 5.11 Å². The molecule has 0 aliphatic rings. The van der Waals surface area contributed by atoms with Gasteiger partial charge in [-0.2, -0.15) is 5.26 Å². The summed E-state index contributed by atoms with van der Waals surface area (Å²) in [6.45, 7) is 6.01. The average Bonchev–Trinajstić information content (AvgIpc) is 2.73. The molecule has 0 aliphatic heterocycles. The van der Waals surface area contributed by atoms with E-state index in [-0.39, 0.29) is 11.2 Å². The summed E-state index contributed by atoms with van der Waals surface area (Å²) in [5, 5.41) is 26.3. The molecule has 1 N–H and O–H groups in total. The summed E-state index contributed by atoms with van der Waals surface area (Å²) in [5.74, 6) is 0.191. The molecule has 2 aromatic rings. The molecule has 0 amide bonds. The Labute approximate surface area is 105 Å². The Hall–Kier alpha value is -2.35. The van der Waals surface area contributed by atoms with Crippen molar-refractivity contribution in [2.75, 3.05) is 0 Å². The quantitative estimate of drug-likeness (QED) is 0.831. The van der Waals surface area contributed by atoms with Gasteiger partial charge in [-0.1, -0.05) is 26.0 Å². The third-order valence-corrected chi connectivity index (χ3v) is 2.58. The van der Waals surface area contributed by atoms with Gasteiger partial charge in [-0.15, -0.1) is 5.10 Å². The van der Waals surface area contributed by atoms with Crippen molar-refractivity contribution >= 4 is 0 Å². The van der Waals surface area contributed by atoms with E-state index in [9.17, 15) is 5.11 Å². The minimum absolute atomic E-state index is 0.191. The topological polar surface area (TPSA) is 74.7 Å². The zero-order valence-corrected chi connectivity index (χ0v) is 10.5. The van der Waals surface area contributed by atoms with Crippen LogP contribution in [0, 0.1) is 11.3 Å². The van der Waals surface area contributed by atoms with E-state index < -0.39 is 0 Å². The summed E-state index contributed by atoms with van der Waals surface area (Å²) in [7, 11) is 0. The second-order valence-corrected chi connectivity index (χ2v) is 5.08. The normalized spacial score (nSPS) is 11.2. The highest BCUT2D eigenvalue weighted by Crippen LogP contribution is 2.27. The van der Waals surface area contributed by atoms with Crippen LogP contribution < -0.4 is 0 Å². The second-order valence-electron chi connectivity index (χ2n) is 5.08. The molecule has 5 heteroatoms. The van der Waals surface area contributed by atoms with Gasteiger partial charge in [0.1, 0.15) is 11.8 Å². The number of rotatable bonds is 1.